The lowest BCUT2D eigenvalue weighted by Crippen LogP contribution is -2.48. The Balaban J connectivity index is 1.63. The Kier molecular flexibility index (Phi) is 6.18. The highest BCUT2D eigenvalue weighted by Crippen LogP contribution is 2.50. The molecule has 0 saturated carbocycles. The van der Waals surface area contributed by atoms with Gasteiger partial charge in [0.25, 0.3) is 0 Å². The summed E-state index contributed by atoms with van der Waals surface area (Å²) in [6.07, 6.45) is -2.36. The van der Waals surface area contributed by atoms with Crippen LogP contribution in [0.4, 0.5) is 18.9 Å². The normalized spacial score (nSPS) is 25.7. The van der Waals surface area contributed by atoms with Gasteiger partial charge in [-0.2, -0.15) is 13.2 Å². The van der Waals surface area contributed by atoms with E-state index in [1.165, 1.54) is 13.2 Å². The summed E-state index contributed by atoms with van der Waals surface area (Å²) in [6.45, 7) is 1.33. The van der Waals surface area contributed by atoms with Gasteiger partial charge in [0.15, 0.2) is 0 Å². The third-order valence-corrected chi connectivity index (χ3v) is 6.54. The van der Waals surface area contributed by atoms with Gasteiger partial charge in [0.2, 0.25) is 0 Å². The Hall–Kier alpha value is -2.58. The van der Waals surface area contributed by atoms with Crippen LogP contribution in [0.2, 0.25) is 0 Å². The number of nitrogens with one attached hydrogen (secondary N) is 1. The molecule has 3 atom stereocenters. The minimum Gasteiger partial charge on any atom is -0.496 e. The Labute approximate surface area is 185 Å². The van der Waals surface area contributed by atoms with Gasteiger partial charge in [0.1, 0.15) is 5.75 Å². The molecule has 4 rings (SSSR count). The quantitative estimate of drug-likeness (QED) is 0.744. The summed E-state index contributed by atoms with van der Waals surface area (Å²) >= 11 is 0. The number of piperidine rings is 1. The summed E-state index contributed by atoms with van der Waals surface area (Å²) < 4.78 is 50.7. The van der Waals surface area contributed by atoms with Crippen molar-refractivity contribution in [2.24, 2.45) is 0 Å². The fourth-order valence-electron chi connectivity index (χ4n) is 4.96. The van der Waals surface area contributed by atoms with Crippen LogP contribution < -0.4 is 15.0 Å². The van der Waals surface area contributed by atoms with E-state index in [1.807, 2.05) is 18.2 Å². The Morgan fingerprint density at radius 1 is 1.22 bits per heavy atom. The molecule has 8 heteroatoms. The van der Waals surface area contributed by atoms with Crippen molar-refractivity contribution in [3.8, 4) is 5.75 Å². The molecule has 0 radical (unpaired) electrons. The van der Waals surface area contributed by atoms with Crippen LogP contribution in [0.25, 0.3) is 0 Å². The van der Waals surface area contributed by atoms with E-state index in [0.29, 0.717) is 23.7 Å². The van der Waals surface area contributed by atoms with E-state index in [9.17, 15) is 18.0 Å². The number of rotatable bonds is 4. The molecule has 0 aromatic heterocycles. The molecular weight excluding hydrogens is 421 g/mol. The van der Waals surface area contributed by atoms with Crippen LogP contribution in [-0.2, 0) is 9.53 Å². The van der Waals surface area contributed by atoms with Crippen molar-refractivity contribution in [3.05, 3.63) is 59.7 Å². The van der Waals surface area contributed by atoms with Crippen molar-refractivity contribution in [1.82, 2.24) is 5.32 Å². The van der Waals surface area contributed by atoms with Gasteiger partial charge in [0.05, 0.1) is 25.4 Å². The number of nitrogens with zero attached hydrogens (tertiary/aromatic N) is 1. The number of hydrogen-bond acceptors (Lipinski definition) is 4. The molecule has 0 unspecified atom stereocenters. The summed E-state index contributed by atoms with van der Waals surface area (Å²) in [5.41, 5.74) is 1.68. The topological polar surface area (TPSA) is 50.8 Å². The first-order valence-corrected chi connectivity index (χ1v) is 10.7. The molecule has 0 aliphatic carbocycles. The maximum Gasteiger partial charge on any atom is 0.471 e. The van der Waals surface area contributed by atoms with Gasteiger partial charge in [-0.05, 0) is 49.6 Å². The zero-order valence-corrected chi connectivity index (χ0v) is 18.1. The van der Waals surface area contributed by atoms with E-state index in [0.717, 1.165) is 37.6 Å². The number of methoxy groups -OCH3 is 1. The molecule has 1 spiro atoms. The molecule has 2 saturated heterocycles. The van der Waals surface area contributed by atoms with Gasteiger partial charge in [-0.1, -0.05) is 30.3 Å². The highest BCUT2D eigenvalue weighted by molar-refractivity contribution is 5.97. The lowest BCUT2D eigenvalue weighted by atomic mass is 9.77. The second-order valence-corrected chi connectivity index (χ2v) is 8.47. The number of ether oxygens (including phenoxy) is 2. The Morgan fingerprint density at radius 3 is 2.66 bits per heavy atom. The van der Waals surface area contributed by atoms with Gasteiger partial charge >= 0.3 is 12.1 Å². The molecule has 32 heavy (non-hydrogen) atoms. The number of halogens is 3. The standard InChI is InChI=1S/C24H27F3N2O3/c1-29(22(30)24(25,26)27)18-9-10-20(31-2)19(13-18)17-14-23(32-15-17)11-6-12-28-21(23)16-7-4-3-5-8-16/h3-5,7-10,13,17,21,28H,6,11-12,14-15H2,1-2H3/t17-,21+,23-/m1/s1. The molecule has 172 valence electrons. The highest BCUT2D eigenvalue weighted by Gasteiger charge is 2.49. The molecule has 2 fully saturated rings. The second-order valence-electron chi connectivity index (χ2n) is 8.47. The lowest BCUT2D eigenvalue weighted by Gasteiger charge is -2.41. The monoisotopic (exact) mass is 448 g/mol. The molecule has 2 aromatic carbocycles. The molecule has 2 aliphatic heterocycles. The minimum absolute atomic E-state index is 0.0334. The molecule has 2 aromatic rings. The van der Waals surface area contributed by atoms with E-state index >= 15 is 0 Å². The SMILES string of the molecule is COc1ccc(N(C)C(=O)C(F)(F)F)cc1[C@H]1CO[C@]2(CCCN[C@H]2c2ccccc2)C1. The van der Waals surface area contributed by atoms with Crippen LogP contribution in [0.3, 0.4) is 0 Å². The van der Waals surface area contributed by atoms with Gasteiger partial charge in [-0.3, -0.25) is 4.79 Å². The minimum atomic E-state index is -4.94. The molecule has 5 nitrogen and oxygen atoms in total. The van der Waals surface area contributed by atoms with Crippen LogP contribution >= 0.6 is 0 Å². The van der Waals surface area contributed by atoms with Gasteiger partial charge in [0, 0.05) is 24.2 Å². The molecule has 2 aliphatic rings. The average molecular weight is 448 g/mol. The average Bonchev–Trinajstić information content (AvgIpc) is 3.21. The summed E-state index contributed by atoms with van der Waals surface area (Å²) in [5, 5.41) is 3.60. The number of carbonyl (C=O) groups is 1. The summed E-state index contributed by atoms with van der Waals surface area (Å²) in [7, 11) is 2.66. The number of amides is 1. The fraction of sp³-hybridized carbons (Fsp3) is 0.458. The lowest BCUT2D eigenvalue weighted by molar-refractivity contribution is -0.170. The predicted octanol–water partition coefficient (Wildman–Crippen LogP) is 4.59. The first-order valence-electron chi connectivity index (χ1n) is 10.7. The van der Waals surface area contributed by atoms with E-state index in [2.05, 4.69) is 17.4 Å². The van der Waals surface area contributed by atoms with Crippen LogP contribution in [-0.4, -0.2) is 45.0 Å². The molecule has 2 heterocycles. The zero-order chi connectivity index (χ0) is 22.9. The van der Waals surface area contributed by atoms with E-state index < -0.39 is 17.7 Å². The Bertz CT molecular complexity index is 967. The maximum absolute atomic E-state index is 12.9. The molecular formula is C24H27F3N2O3. The van der Waals surface area contributed by atoms with Gasteiger partial charge in [-0.15, -0.1) is 0 Å². The van der Waals surface area contributed by atoms with Crippen molar-refractivity contribution in [2.75, 3.05) is 32.2 Å². The van der Waals surface area contributed by atoms with Crippen molar-refractivity contribution < 1.29 is 27.4 Å². The smallest absolute Gasteiger partial charge is 0.471 e. The van der Waals surface area contributed by atoms with Crippen molar-refractivity contribution in [2.45, 2.75) is 43.0 Å². The zero-order valence-electron chi connectivity index (χ0n) is 18.1. The van der Waals surface area contributed by atoms with E-state index in [1.54, 1.807) is 12.1 Å². The van der Waals surface area contributed by atoms with Gasteiger partial charge < -0.3 is 19.7 Å². The van der Waals surface area contributed by atoms with E-state index in [4.69, 9.17) is 9.47 Å². The van der Waals surface area contributed by atoms with Gasteiger partial charge in [-0.25, -0.2) is 0 Å². The number of hydrogen-bond donors (Lipinski definition) is 1. The number of anilines is 1. The van der Waals surface area contributed by atoms with Crippen LogP contribution in [0.5, 0.6) is 5.75 Å². The molecule has 1 amide bonds. The first-order chi connectivity index (χ1) is 15.2. The van der Waals surface area contributed by atoms with Crippen molar-refractivity contribution in [3.63, 3.8) is 0 Å². The summed E-state index contributed by atoms with van der Waals surface area (Å²) in [5.74, 6) is -1.40. The van der Waals surface area contributed by atoms with Crippen LogP contribution in [0.15, 0.2) is 48.5 Å². The maximum atomic E-state index is 12.9. The second kappa shape index (κ2) is 8.75. The highest BCUT2D eigenvalue weighted by atomic mass is 19.4. The third kappa shape index (κ3) is 4.21. The molecule has 0 bridgehead atoms. The number of benzene rings is 2. The van der Waals surface area contributed by atoms with Crippen LogP contribution in [0.1, 0.15) is 42.3 Å². The third-order valence-electron chi connectivity index (χ3n) is 6.54. The summed E-state index contributed by atoms with van der Waals surface area (Å²) in [6, 6.07) is 14.9. The van der Waals surface area contributed by atoms with Crippen molar-refractivity contribution >= 4 is 11.6 Å². The fourth-order valence-corrected chi connectivity index (χ4v) is 4.96. The number of alkyl halides is 3. The van der Waals surface area contributed by atoms with Crippen LogP contribution in [0, 0.1) is 0 Å². The van der Waals surface area contributed by atoms with E-state index in [-0.39, 0.29) is 17.6 Å². The summed E-state index contributed by atoms with van der Waals surface area (Å²) in [4.78, 5) is 12.4. The Morgan fingerprint density at radius 2 is 1.97 bits per heavy atom. The van der Waals surface area contributed by atoms with Crippen molar-refractivity contribution in [1.29, 1.82) is 0 Å². The first kappa shape index (κ1) is 22.6. The largest absolute Gasteiger partial charge is 0.496 e. The molecule has 1 N–H and O–H groups in total. The predicted molar refractivity (Wildman–Crippen MR) is 115 cm³/mol. The number of carbonyl (C=O) groups excluding carboxylic acids is 1.